The van der Waals surface area contributed by atoms with E-state index in [2.05, 4.69) is 53.0 Å². The van der Waals surface area contributed by atoms with Crippen LogP contribution in [0, 0.1) is 5.92 Å². The Balaban J connectivity index is 1.28. The van der Waals surface area contributed by atoms with Gasteiger partial charge in [-0.3, -0.25) is 14.6 Å². The van der Waals surface area contributed by atoms with E-state index in [1.165, 1.54) is 30.9 Å². The molecule has 5 rings (SSSR count). The van der Waals surface area contributed by atoms with Crippen LogP contribution in [-0.2, 0) is 11.3 Å². The second kappa shape index (κ2) is 11.3. The molecule has 9 heteroatoms. The molecule has 3 aliphatic rings. The quantitative estimate of drug-likeness (QED) is 0.476. The summed E-state index contributed by atoms with van der Waals surface area (Å²) in [6.07, 6.45) is 7.05. The van der Waals surface area contributed by atoms with Crippen molar-refractivity contribution >= 4 is 23.7 Å². The van der Waals surface area contributed by atoms with Gasteiger partial charge in [0.15, 0.2) is 0 Å². The number of nitrogens with zero attached hydrogens (tertiary/aromatic N) is 6. The van der Waals surface area contributed by atoms with Crippen molar-refractivity contribution in [1.82, 2.24) is 24.7 Å². The van der Waals surface area contributed by atoms with Crippen LogP contribution in [0.1, 0.15) is 68.8 Å². The van der Waals surface area contributed by atoms with Crippen LogP contribution < -0.4 is 10.2 Å². The van der Waals surface area contributed by atoms with Gasteiger partial charge in [-0.25, -0.2) is 9.78 Å². The fraction of sp³-hybridized carbons (Fsp3) is 0.533. The number of hydrogen-bond acceptors (Lipinski definition) is 6. The molecule has 9 nitrogen and oxygen atoms in total. The van der Waals surface area contributed by atoms with E-state index in [0.717, 1.165) is 43.2 Å². The Morgan fingerprint density at radius 2 is 1.77 bits per heavy atom. The zero-order valence-electron chi connectivity index (χ0n) is 23.6. The number of carbonyl (C=O) groups excluding carboxylic acids is 2. The molecule has 0 radical (unpaired) electrons. The van der Waals surface area contributed by atoms with E-state index in [4.69, 9.17) is 4.98 Å². The van der Waals surface area contributed by atoms with E-state index >= 15 is 0 Å². The van der Waals surface area contributed by atoms with Crippen LogP contribution in [0.25, 0.3) is 0 Å². The SMILES string of the molecule is C=CC(=O)N1CCN(C(CC2CC2)c2ccc([C@H](C)Nc3ncc4c(n3)N(C(C)C)C(=O)N(C)C4)cc2)CC1. The first-order valence-electron chi connectivity index (χ1n) is 14.2. The minimum atomic E-state index is -0.0414. The Hall–Kier alpha value is -3.46. The van der Waals surface area contributed by atoms with E-state index in [1.54, 1.807) is 16.8 Å². The van der Waals surface area contributed by atoms with E-state index in [9.17, 15) is 9.59 Å². The van der Waals surface area contributed by atoms with Gasteiger partial charge in [-0.05, 0) is 50.3 Å². The molecule has 2 aliphatic heterocycles. The first-order valence-corrected chi connectivity index (χ1v) is 14.2. The molecule has 1 unspecified atom stereocenters. The molecule has 1 aromatic carbocycles. The zero-order valence-corrected chi connectivity index (χ0v) is 23.6. The van der Waals surface area contributed by atoms with Gasteiger partial charge in [0.1, 0.15) is 5.82 Å². The molecule has 3 heterocycles. The Morgan fingerprint density at radius 1 is 1.10 bits per heavy atom. The number of carbonyl (C=O) groups is 2. The van der Waals surface area contributed by atoms with Crippen molar-refractivity contribution in [1.29, 1.82) is 0 Å². The molecule has 1 saturated heterocycles. The van der Waals surface area contributed by atoms with Crippen molar-refractivity contribution in [2.75, 3.05) is 43.4 Å². The van der Waals surface area contributed by atoms with Gasteiger partial charge in [0.05, 0.1) is 12.6 Å². The van der Waals surface area contributed by atoms with Crippen LogP contribution >= 0.6 is 0 Å². The van der Waals surface area contributed by atoms with E-state index in [1.807, 2.05) is 24.9 Å². The van der Waals surface area contributed by atoms with Gasteiger partial charge in [-0.15, -0.1) is 0 Å². The number of nitrogens with one attached hydrogen (secondary N) is 1. The number of piperazine rings is 1. The average Bonchev–Trinajstić information content (AvgIpc) is 3.76. The largest absolute Gasteiger partial charge is 0.348 e. The number of rotatable bonds is 9. The molecule has 1 saturated carbocycles. The second-order valence-corrected chi connectivity index (χ2v) is 11.4. The van der Waals surface area contributed by atoms with Crippen molar-refractivity contribution in [3.8, 4) is 0 Å². The summed E-state index contributed by atoms with van der Waals surface area (Å²) >= 11 is 0. The van der Waals surface area contributed by atoms with Crippen molar-refractivity contribution in [2.45, 2.75) is 64.7 Å². The third kappa shape index (κ3) is 5.93. The van der Waals surface area contributed by atoms with E-state index in [0.29, 0.717) is 24.4 Å². The lowest BCUT2D eigenvalue weighted by Gasteiger charge is -2.39. The Morgan fingerprint density at radius 3 is 2.38 bits per heavy atom. The zero-order chi connectivity index (χ0) is 27.7. The van der Waals surface area contributed by atoms with Crippen LogP contribution in [-0.4, -0.2) is 75.9 Å². The lowest BCUT2D eigenvalue weighted by Crippen LogP contribution is -2.49. The Kier molecular flexibility index (Phi) is 7.88. The van der Waals surface area contributed by atoms with Crippen LogP contribution in [0.15, 0.2) is 43.1 Å². The van der Waals surface area contributed by atoms with E-state index in [-0.39, 0.29) is 24.0 Å². The molecule has 0 bridgehead atoms. The Bertz CT molecular complexity index is 1200. The molecule has 39 heavy (non-hydrogen) atoms. The highest BCUT2D eigenvalue weighted by molar-refractivity contribution is 5.94. The number of amides is 3. The summed E-state index contributed by atoms with van der Waals surface area (Å²) in [5, 5.41) is 3.44. The third-order valence-corrected chi connectivity index (χ3v) is 8.19. The van der Waals surface area contributed by atoms with E-state index < -0.39 is 0 Å². The smallest absolute Gasteiger partial charge is 0.325 e. The molecular formula is C30H41N7O2. The standard InChI is InChI=1S/C30H41N7O2/c1-6-27(38)36-15-13-35(14-16-36)26(17-22-7-8-22)24-11-9-23(10-12-24)21(4)32-29-31-18-25-19-34(5)30(39)37(20(2)3)28(25)33-29/h6,9-12,18,20-22,26H,1,7-8,13-17,19H2,2-5H3,(H,31,32,33)/t21-,26?/m0/s1. The summed E-state index contributed by atoms with van der Waals surface area (Å²) < 4.78 is 0. The molecular weight excluding hydrogens is 490 g/mol. The second-order valence-electron chi connectivity index (χ2n) is 11.4. The minimum absolute atomic E-state index is 0.000699. The molecule has 1 aromatic heterocycles. The fourth-order valence-corrected chi connectivity index (χ4v) is 5.68. The van der Waals surface area contributed by atoms with Crippen molar-refractivity contribution in [3.05, 3.63) is 59.8 Å². The highest BCUT2D eigenvalue weighted by atomic mass is 16.2. The average molecular weight is 532 g/mol. The highest BCUT2D eigenvalue weighted by Crippen LogP contribution is 2.40. The first-order chi connectivity index (χ1) is 18.7. The van der Waals surface area contributed by atoms with Crippen LogP contribution in [0.3, 0.4) is 0 Å². The van der Waals surface area contributed by atoms with Crippen LogP contribution in [0.4, 0.5) is 16.6 Å². The molecule has 1 N–H and O–H groups in total. The fourth-order valence-electron chi connectivity index (χ4n) is 5.68. The van der Waals surface area contributed by atoms with Gasteiger partial charge in [-0.2, -0.15) is 4.98 Å². The summed E-state index contributed by atoms with van der Waals surface area (Å²) in [6.45, 7) is 13.5. The highest BCUT2D eigenvalue weighted by Gasteiger charge is 2.33. The van der Waals surface area contributed by atoms with Crippen LogP contribution in [0.5, 0.6) is 0 Å². The summed E-state index contributed by atoms with van der Waals surface area (Å²) in [4.78, 5) is 42.0. The summed E-state index contributed by atoms with van der Waals surface area (Å²) in [5.41, 5.74) is 3.44. The normalized spacial score (nSPS) is 19.6. The maximum Gasteiger partial charge on any atom is 0.325 e. The number of hydrogen-bond donors (Lipinski definition) is 1. The molecule has 0 spiro atoms. The van der Waals surface area contributed by atoms with Crippen molar-refractivity contribution in [3.63, 3.8) is 0 Å². The minimum Gasteiger partial charge on any atom is -0.348 e. The summed E-state index contributed by atoms with van der Waals surface area (Å²) in [5.74, 6) is 2.04. The van der Waals surface area contributed by atoms with Gasteiger partial charge >= 0.3 is 6.03 Å². The number of benzene rings is 1. The maximum absolute atomic E-state index is 12.8. The topological polar surface area (TPSA) is 84.9 Å². The molecule has 2 aromatic rings. The number of aromatic nitrogens is 2. The van der Waals surface area contributed by atoms with Crippen LogP contribution in [0.2, 0.25) is 0 Å². The molecule has 3 amide bonds. The third-order valence-electron chi connectivity index (χ3n) is 8.19. The first kappa shape index (κ1) is 27.1. The lowest BCUT2D eigenvalue weighted by molar-refractivity contribution is -0.128. The molecule has 1 aliphatic carbocycles. The predicted octanol–water partition coefficient (Wildman–Crippen LogP) is 4.60. The van der Waals surface area contributed by atoms with Crippen molar-refractivity contribution < 1.29 is 9.59 Å². The predicted molar refractivity (Wildman–Crippen MR) is 153 cm³/mol. The Labute approximate surface area is 231 Å². The number of fused-ring (bicyclic) bond motifs is 1. The maximum atomic E-state index is 12.8. The molecule has 2 atom stereocenters. The van der Waals surface area contributed by atoms with Gasteiger partial charge < -0.3 is 15.1 Å². The lowest BCUT2D eigenvalue weighted by atomic mass is 9.96. The van der Waals surface area contributed by atoms with Gasteiger partial charge in [0.25, 0.3) is 0 Å². The number of urea groups is 1. The number of anilines is 2. The molecule has 2 fully saturated rings. The van der Waals surface area contributed by atoms with Gasteiger partial charge in [0.2, 0.25) is 11.9 Å². The summed E-state index contributed by atoms with van der Waals surface area (Å²) in [7, 11) is 1.80. The monoisotopic (exact) mass is 531 g/mol. The molecule has 208 valence electrons. The van der Waals surface area contributed by atoms with Gasteiger partial charge in [-0.1, -0.05) is 43.7 Å². The van der Waals surface area contributed by atoms with Crippen molar-refractivity contribution in [2.24, 2.45) is 5.92 Å². The van der Waals surface area contributed by atoms with Gasteiger partial charge in [0, 0.05) is 57.1 Å². The summed E-state index contributed by atoms with van der Waals surface area (Å²) in [6, 6.07) is 9.23.